The number of unbranched alkanes of at least 4 members (excludes halogenated alkanes) is 18. The average Bonchev–Trinajstić information content (AvgIpc) is 2.64. The first-order valence-electron chi connectivity index (χ1n) is 12.4. The number of rotatable bonds is 22. The maximum atomic E-state index is 13.9. The molecular formula is C25H51F. The van der Waals surface area contributed by atoms with E-state index in [2.05, 4.69) is 13.8 Å². The van der Waals surface area contributed by atoms with Crippen molar-refractivity contribution >= 4 is 0 Å². The molecule has 0 aromatic heterocycles. The monoisotopic (exact) mass is 370 g/mol. The smallest absolute Gasteiger partial charge is 0.100 e. The largest absolute Gasteiger partial charge is 0.247 e. The fourth-order valence-corrected chi connectivity index (χ4v) is 3.85. The highest BCUT2D eigenvalue weighted by atomic mass is 19.1. The zero-order valence-electron chi connectivity index (χ0n) is 18.5. The van der Waals surface area contributed by atoms with E-state index in [0.29, 0.717) is 0 Å². The Morgan fingerprint density at radius 2 is 0.615 bits per heavy atom. The van der Waals surface area contributed by atoms with Gasteiger partial charge in [0.05, 0.1) is 0 Å². The SMILES string of the molecule is CCCCCCCCCCCCCC(F)CCCCCCCCCCC. The molecule has 1 unspecified atom stereocenters. The van der Waals surface area contributed by atoms with Gasteiger partial charge < -0.3 is 0 Å². The summed E-state index contributed by atoms with van der Waals surface area (Å²) in [5.74, 6) is 0. The summed E-state index contributed by atoms with van der Waals surface area (Å²) in [6.45, 7) is 4.54. The van der Waals surface area contributed by atoms with E-state index in [1.807, 2.05) is 0 Å². The first-order chi connectivity index (χ1) is 12.8. The third kappa shape index (κ3) is 22.0. The molecule has 0 aromatic carbocycles. The van der Waals surface area contributed by atoms with Crippen molar-refractivity contribution in [2.75, 3.05) is 0 Å². The molecule has 0 aliphatic carbocycles. The molecule has 0 spiro atoms. The van der Waals surface area contributed by atoms with Crippen molar-refractivity contribution in [3.63, 3.8) is 0 Å². The molecule has 0 saturated carbocycles. The quantitative estimate of drug-likeness (QED) is 0.166. The summed E-state index contributed by atoms with van der Waals surface area (Å²) in [5.41, 5.74) is 0. The van der Waals surface area contributed by atoms with Crippen molar-refractivity contribution in [3.05, 3.63) is 0 Å². The van der Waals surface area contributed by atoms with Gasteiger partial charge in [-0.2, -0.15) is 0 Å². The molecule has 0 bridgehead atoms. The molecule has 0 aliphatic heterocycles. The van der Waals surface area contributed by atoms with Crippen molar-refractivity contribution in [1.29, 1.82) is 0 Å². The lowest BCUT2D eigenvalue weighted by atomic mass is 10.0. The van der Waals surface area contributed by atoms with Crippen LogP contribution in [0.25, 0.3) is 0 Å². The fourth-order valence-electron chi connectivity index (χ4n) is 3.85. The normalized spacial score (nSPS) is 12.6. The van der Waals surface area contributed by atoms with Gasteiger partial charge in [0.25, 0.3) is 0 Å². The molecule has 0 aromatic rings. The summed E-state index contributed by atoms with van der Waals surface area (Å²) >= 11 is 0. The van der Waals surface area contributed by atoms with E-state index < -0.39 is 6.17 Å². The van der Waals surface area contributed by atoms with Gasteiger partial charge in [0, 0.05) is 0 Å². The molecular weight excluding hydrogens is 319 g/mol. The van der Waals surface area contributed by atoms with E-state index in [0.717, 1.165) is 25.7 Å². The molecule has 0 saturated heterocycles. The van der Waals surface area contributed by atoms with Crippen molar-refractivity contribution < 1.29 is 4.39 Å². The Labute approximate surface area is 166 Å². The van der Waals surface area contributed by atoms with Crippen LogP contribution in [-0.4, -0.2) is 6.17 Å². The van der Waals surface area contributed by atoms with Crippen molar-refractivity contribution in [3.8, 4) is 0 Å². The molecule has 1 atom stereocenters. The summed E-state index contributed by atoms with van der Waals surface area (Å²) in [6.07, 6.45) is 27.9. The second-order valence-electron chi connectivity index (χ2n) is 8.54. The summed E-state index contributed by atoms with van der Waals surface area (Å²) in [5, 5.41) is 0. The Kier molecular flexibility index (Phi) is 22.9. The first kappa shape index (κ1) is 25.9. The van der Waals surface area contributed by atoms with Crippen LogP contribution < -0.4 is 0 Å². The molecule has 0 fully saturated rings. The van der Waals surface area contributed by atoms with Crippen LogP contribution in [0.15, 0.2) is 0 Å². The molecule has 0 rings (SSSR count). The zero-order chi connectivity index (χ0) is 19.1. The molecule has 0 radical (unpaired) electrons. The standard InChI is InChI=1S/C25H51F/c1-3-5-7-9-11-13-14-16-18-20-22-24-25(26)23-21-19-17-15-12-10-8-6-4-2/h25H,3-24H2,1-2H3. The van der Waals surface area contributed by atoms with Gasteiger partial charge in [-0.15, -0.1) is 0 Å². The second-order valence-corrected chi connectivity index (χ2v) is 8.54. The Morgan fingerprint density at radius 3 is 0.885 bits per heavy atom. The van der Waals surface area contributed by atoms with Gasteiger partial charge in [-0.25, -0.2) is 4.39 Å². The minimum Gasteiger partial charge on any atom is -0.247 e. The van der Waals surface area contributed by atoms with E-state index in [1.165, 1.54) is 116 Å². The summed E-state index contributed by atoms with van der Waals surface area (Å²) < 4.78 is 13.9. The number of halogens is 1. The van der Waals surface area contributed by atoms with Crippen molar-refractivity contribution in [1.82, 2.24) is 0 Å². The van der Waals surface area contributed by atoms with Crippen LogP contribution >= 0.6 is 0 Å². The maximum Gasteiger partial charge on any atom is 0.100 e. The predicted molar refractivity (Wildman–Crippen MR) is 118 cm³/mol. The Morgan fingerprint density at radius 1 is 0.385 bits per heavy atom. The van der Waals surface area contributed by atoms with E-state index in [9.17, 15) is 4.39 Å². The minimum absolute atomic E-state index is 0.530. The lowest BCUT2D eigenvalue weighted by Crippen LogP contribution is -2.00. The van der Waals surface area contributed by atoms with Gasteiger partial charge in [0.2, 0.25) is 0 Å². The summed E-state index contributed by atoms with van der Waals surface area (Å²) in [7, 11) is 0. The maximum absolute atomic E-state index is 13.9. The highest BCUT2D eigenvalue weighted by Gasteiger charge is 2.05. The van der Waals surface area contributed by atoms with E-state index >= 15 is 0 Å². The van der Waals surface area contributed by atoms with Gasteiger partial charge in [0.1, 0.15) is 6.17 Å². The number of hydrogen-bond donors (Lipinski definition) is 0. The molecule has 0 N–H and O–H groups in total. The first-order valence-corrected chi connectivity index (χ1v) is 12.4. The van der Waals surface area contributed by atoms with Crippen LogP contribution in [0.2, 0.25) is 0 Å². The number of alkyl halides is 1. The van der Waals surface area contributed by atoms with Crippen molar-refractivity contribution in [2.45, 2.75) is 161 Å². The van der Waals surface area contributed by atoms with E-state index in [4.69, 9.17) is 0 Å². The third-order valence-corrected chi connectivity index (χ3v) is 5.74. The van der Waals surface area contributed by atoms with E-state index in [-0.39, 0.29) is 0 Å². The van der Waals surface area contributed by atoms with Crippen LogP contribution in [0.4, 0.5) is 4.39 Å². The highest BCUT2D eigenvalue weighted by Crippen LogP contribution is 2.17. The minimum atomic E-state index is -0.530. The van der Waals surface area contributed by atoms with Crippen molar-refractivity contribution in [2.24, 2.45) is 0 Å². The molecule has 1 heteroatoms. The van der Waals surface area contributed by atoms with Crippen LogP contribution in [0.5, 0.6) is 0 Å². The molecule has 0 aliphatic rings. The Balaban J connectivity index is 3.12. The summed E-state index contributed by atoms with van der Waals surface area (Å²) in [6, 6.07) is 0. The van der Waals surface area contributed by atoms with Crippen LogP contribution in [-0.2, 0) is 0 Å². The third-order valence-electron chi connectivity index (χ3n) is 5.74. The van der Waals surface area contributed by atoms with Gasteiger partial charge >= 0.3 is 0 Å². The Bertz CT molecular complexity index is 238. The number of hydrogen-bond acceptors (Lipinski definition) is 0. The topological polar surface area (TPSA) is 0 Å². The van der Waals surface area contributed by atoms with Gasteiger partial charge in [-0.3, -0.25) is 0 Å². The average molecular weight is 371 g/mol. The molecule has 0 nitrogen and oxygen atoms in total. The lowest BCUT2D eigenvalue weighted by Gasteiger charge is -2.08. The van der Waals surface area contributed by atoms with Crippen LogP contribution in [0.1, 0.15) is 155 Å². The molecule has 158 valence electrons. The highest BCUT2D eigenvalue weighted by molar-refractivity contribution is 4.58. The van der Waals surface area contributed by atoms with Gasteiger partial charge in [-0.05, 0) is 12.8 Å². The van der Waals surface area contributed by atoms with E-state index in [1.54, 1.807) is 0 Å². The zero-order valence-corrected chi connectivity index (χ0v) is 18.5. The van der Waals surface area contributed by atoms with Crippen LogP contribution in [0.3, 0.4) is 0 Å². The molecule has 0 amide bonds. The van der Waals surface area contributed by atoms with Gasteiger partial charge in [-0.1, -0.05) is 142 Å². The second kappa shape index (κ2) is 23.0. The molecule has 0 heterocycles. The Hall–Kier alpha value is -0.0700. The van der Waals surface area contributed by atoms with Gasteiger partial charge in [0.15, 0.2) is 0 Å². The predicted octanol–water partition coefficient (Wildman–Crippen LogP) is 9.95. The molecule has 26 heavy (non-hydrogen) atoms. The lowest BCUT2D eigenvalue weighted by molar-refractivity contribution is 0.279. The van der Waals surface area contributed by atoms with Crippen LogP contribution in [0, 0.1) is 0 Å². The fraction of sp³-hybridized carbons (Fsp3) is 1.00. The summed E-state index contributed by atoms with van der Waals surface area (Å²) in [4.78, 5) is 0.